The second-order valence-electron chi connectivity index (χ2n) is 12.6. The van der Waals surface area contributed by atoms with Crippen molar-refractivity contribution in [3.8, 4) is 5.82 Å². The van der Waals surface area contributed by atoms with Gasteiger partial charge in [-0.1, -0.05) is 86.1 Å². The number of hydrogen-bond acceptors (Lipinski definition) is 3. The Hall–Kier alpha value is -4.71. The standard InChI is InChI=1S/C35H34N6Si/c1-35(2,3)24-19-25(40-23-39(4)33-34(40)38-18-17-37-33)21-27(20-24)42(5,6)26-14-15-31-29(22-26)28-11-7-8-12-30(28)41(31)32-13-9-10-16-36-32/h7-22H,1-6H3/q+2. The highest BCUT2D eigenvalue weighted by Gasteiger charge is 2.37. The topological polar surface area (TPSA) is 49.6 Å². The maximum absolute atomic E-state index is 4.69. The number of hydrogen-bond donors (Lipinski definition) is 0. The molecular formula is C35H34N6Si+2. The van der Waals surface area contributed by atoms with Crippen molar-refractivity contribution in [1.82, 2.24) is 24.1 Å². The van der Waals surface area contributed by atoms with E-state index in [2.05, 4.69) is 131 Å². The lowest BCUT2D eigenvalue weighted by molar-refractivity contribution is -0.398. The Morgan fingerprint density at radius 3 is 2.21 bits per heavy atom. The van der Waals surface area contributed by atoms with Crippen molar-refractivity contribution in [2.24, 2.45) is 0 Å². The minimum absolute atomic E-state index is 0.0217. The summed E-state index contributed by atoms with van der Waals surface area (Å²) in [5, 5.41) is 5.27. The first-order valence-corrected chi connectivity index (χ1v) is 17.4. The summed E-state index contributed by atoms with van der Waals surface area (Å²) < 4.78 is 6.24. The van der Waals surface area contributed by atoms with Gasteiger partial charge in [-0.25, -0.2) is 4.98 Å². The molecule has 3 aromatic heterocycles. The zero-order chi connectivity index (χ0) is 29.2. The molecule has 6 nitrogen and oxygen atoms in total. The third kappa shape index (κ3) is 4.12. The molecule has 0 saturated heterocycles. The van der Waals surface area contributed by atoms with Crippen LogP contribution in [0.4, 0.5) is 17.3 Å². The summed E-state index contributed by atoms with van der Waals surface area (Å²) in [7, 11) is -0.191. The summed E-state index contributed by atoms with van der Waals surface area (Å²) in [4.78, 5) is 13.9. The third-order valence-corrected chi connectivity index (χ3v) is 12.0. The van der Waals surface area contributed by atoms with Crippen molar-refractivity contribution in [2.45, 2.75) is 39.3 Å². The van der Waals surface area contributed by atoms with Crippen LogP contribution in [0.15, 0.2) is 97.5 Å². The molecule has 0 spiro atoms. The van der Waals surface area contributed by atoms with E-state index in [1.807, 2.05) is 30.0 Å². The number of pyridine rings is 1. The van der Waals surface area contributed by atoms with Crippen LogP contribution in [0, 0.1) is 0 Å². The minimum atomic E-state index is -2.16. The van der Waals surface area contributed by atoms with Gasteiger partial charge in [-0.05, 0) is 52.6 Å². The highest BCUT2D eigenvalue weighted by atomic mass is 28.3. The van der Waals surface area contributed by atoms with Crippen LogP contribution in [0.1, 0.15) is 26.3 Å². The van der Waals surface area contributed by atoms with E-state index < -0.39 is 8.07 Å². The zero-order valence-electron chi connectivity index (χ0n) is 24.9. The van der Waals surface area contributed by atoms with Crippen LogP contribution in [0.25, 0.3) is 27.6 Å². The van der Waals surface area contributed by atoms with Gasteiger partial charge < -0.3 is 0 Å². The number of benzene rings is 3. The first kappa shape index (κ1) is 26.2. The molecule has 1 aliphatic heterocycles. The summed E-state index contributed by atoms with van der Waals surface area (Å²) in [5.74, 6) is 2.55. The van der Waals surface area contributed by atoms with Gasteiger partial charge in [-0.2, -0.15) is 4.98 Å². The molecule has 0 atom stereocenters. The Bertz CT molecular complexity index is 2090. The molecule has 0 radical (unpaired) electrons. The predicted molar refractivity (Wildman–Crippen MR) is 175 cm³/mol. The number of rotatable bonds is 4. The first-order chi connectivity index (χ1) is 20.1. The van der Waals surface area contributed by atoms with Gasteiger partial charge in [0.05, 0.1) is 17.2 Å². The fraction of sp³-hybridized carbons (Fsp3) is 0.200. The van der Waals surface area contributed by atoms with Gasteiger partial charge in [0.1, 0.15) is 20.9 Å². The van der Waals surface area contributed by atoms with E-state index in [-0.39, 0.29) is 5.41 Å². The van der Waals surface area contributed by atoms with E-state index in [9.17, 15) is 0 Å². The molecule has 42 heavy (non-hydrogen) atoms. The molecule has 1 aliphatic rings. The molecule has 0 fully saturated rings. The Balaban J connectivity index is 1.42. The van der Waals surface area contributed by atoms with Crippen molar-refractivity contribution >= 4 is 63.6 Å². The van der Waals surface area contributed by atoms with E-state index >= 15 is 0 Å². The molecule has 0 amide bonds. The molecular weight excluding hydrogens is 533 g/mol. The average Bonchev–Trinajstić information content (AvgIpc) is 3.51. The lowest BCUT2D eigenvalue weighted by Gasteiger charge is -2.27. The lowest BCUT2D eigenvalue weighted by Crippen LogP contribution is -2.53. The maximum atomic E-state index is 4.69. The third-order valence-electron chi connectivity index (χ3n) is 8.48. The Morgan fingerprint density at radius 2 is 1.45 bits per heavy atom. The van der Waals surface area contributed by atoms with E-state index in [0.29, 0.717) is 0 Å². The van der Waals surface area contributed by atoms with Crippen molar-refractivity contribution < 1.29 is 4.58 Å². The first-order valence-electron chi connectivity index (χ1n) is 14.4. The molecule has 7 heteroatoms. The molecule has 0 unspecified atom stereocenters. The highest BCUT2D eigenvalue weighted by molar-refractivity contribution is 7.00. The number of para-hydroxylation sites is 1. The van der Waals surface area contributed by atoms with Crippen LogP contribution < -0.4 is 14.9 Å². The van der Waals surface area contributed by atoms with Gasteiger partial charge in [-0.15, -0.1) is 4.58 Å². The molecule has 6 aromatic rings. The second-order valence-corrected chi connectivity index (χ2v) is 17.0. The van der Waals surface area contributed by atoms with Crippen molar-refractivity contribution in [1.29, 1.82) is 0 Å². The molecule has 0 aliphatic carbocycles. The van der Waals surface area contributed by atoms with Crippen molar-refractivity contribution in [2.75, 3.05) is 7.05 Å². The summed E-state index contributed by atoms with van der Waals surface area (Å²) in [5.41, 5.74) is 4.68. The SMILES string of the molecule is C[N+]1=C=[N+](c2cc(C(C)(C)C)cc([Si](C)(C)c3ccc4c(c3)c3ccccc3n4-c3ccccn3)c2)c2nccnc21. The van der Waals surface area contributed by atoms with Gasteiger partial charge in [0, 0.05) is 22.0 Å². The molecule has 0 N–H and O–H groups in total. The maximum Gasteiger partial charge on any atom is 0.474 e. The van der Waals surface area contributed by atoms with Crippen molar-refractivity contribution in [3.63, 3.8) is 0 Å². The normalized spacial score (nSPS) is 13.4. The number of aromatic nitrogens is 4. The smallest absolute Gasteiger partial charge is 0.294 e. The van der Waals surface area contributed by atoms with E-state index in [4.69, 9.17) is 0 Å². The summed E-state index contributed by atoms with van der Waals surface area (Å²) in [6.45, 7) is 11.7. The Morgan fingerprint density at radius 1 is 0.714 bits per heavy atom. The Kier molecular flexibility index (Phi) is 5.87. The number of fused-ring (bicyclic) bond motifs is 4. The largest absolute Gasteiger partial charge is 0.474 e. The lowest BCUT2D eigenvalue weighted by atomic mass is 9.87. The minimum Gasteiger partial charge on any atom is -0.294 e. The van der Waals surface area contributed by atoms with Gasteiger partial charge in [-0.3, -0.25) is 4.57 Å². The highest BCUT2D eigenvalue weighted by Crippen LogP contribution is 2.33. The van der Waals surface area contributed by atoms with Gasteiger partial charge in [0.2, 0.25) is 0 Å². The van der Waals surface area contributed by atoms with Crippen molar-refractivity contribution in [3.05, 3.63) is 103 Å². The molecule has 3 aromatic carbocycles. The predicted octanol–water partition coefficient (Wildman–Crippen LogP) is 6.38. The Labute approximate surface area is 247 Å². The molecule has 0 saturated carbocycles. The van der Waals surface area contributed by atoms with E-state index in [0.717, 1.165) is 23.1 Å². The van der Waals surface area contributed by atoms with Crippen LogP contribution in [0.5, 0.6) is 0 Å². The number of nitrogens with zero attached hydrogens (tertiary/aromatic N) is 6. The fourth-order valence-electron chi connectivity index (χ4n) is 5.94. The van der Waals surface area contributed by atoms with Gasteiger partial charge >= 0.3 is 17.6 Å². The van der Waals surface area contributed by atoms with Crippen LogP contribution in [-0.4, -0.2) is 45.2 Å². The molecule has 0 bridgehead atoms. The van der Waals surface area contributed by atoms with Crippen LogP contribution in [-0.2, 0) is 5.41 Å². The summed E-state index contributed by atoms with van der Waals surface area (Å²) in [6, 6.07) is 32.3. The molecule has 206 valence electrons. The average molecular weight is 567 g/mol. The van der Waals surface area contributed by atoms with E-state index in [1.54, 1.807) is 12.4 Å². The van der Waals surface area contributed by atoms with Crippen LogP contribution in [0.2, 0.25) is 13.1 Å². The second kappa shape index (κ2) is 9.41. The van der Waals surface area contributed by atoms with Crippen LogP contribution in [0.3, 0.4) is 0 Å². The van der Waals surface area contributed by atoms with Gasteiger partial charge in [0.25, 0.3) is 0 Å². The zero-order valence-corrected chi connectivity index (χ0v) is 25.9. The van der Waals surface area contributed by atoms with Gasteiger partial charge in [0.15, 0.2) is 11.9 Å². The fourth-order valence-corrected chi connectivity index (χ4v) is 8.30. The summed E-state index contributed by atoms with van der Waals surface area (Å²) >= 11 is 0. The summed E-state index contributed by atoms with van der Waals surface area (Å²) in [6.07, 6.45) is 5.34. The quantitative estimate of drug-likeness (QED) is 0.184. The van der Waals surface area contributed by atoms with E-state index in [1.165, 1.54) is 37.7 Å². The van der Waals surface area contributed by atoms with Crippen LogP contribution >= 0.6 is 0 Å². The molecule has 4 heterocycles. The monoisotopic (exact) mass is 566 g/mol. The molecule has 7 rings (SSSR count).